The fourth-order valence-electron chi connectivity index (χ4n) is 2.69. The van der Waals surface area contributed by atoms with Gasteiger partial charge in [0.1, 0.15) is 5.58 Å². The maximum Gasteiger partial charge on any atom is 0.174 e. The molecule has 4 aromatic rings. The lowest BCUT2D eigenvalue weighted by Crippen LogP contribution is -1.79. The monoisotopic (exact) mass is 316 g/mol. The highest BCUT2D eigenvalue weighted by molar-refractivity contribution is 7.99. The van der Waals surface area contributed by atoms with Crippen molar-refractivity contribution >= 4 is 22.7 Å². The molecule has 4 rings (SSSR count). The summed E-state index contributed by atoms with van der Waals surface area (Å²) in [7, 11) is 0. The highest BCUT2D eigenvalue weighted by Gasteiger charge is 2.16. The Morgan fingerprint density at radius 1 is 0.739 bits per heavy atom. The van der Waals surface area contributed by atoms with Crippen molar-refractivity contribution in [2.75, 3.05) is 0 Å². The number of rotatable bonds is 3. The summed E-state index contributed by atoms with van der Waals surface area (Å²) in [5.41, 5.74) is 4.56. The number of benzene rings is 3. The summed E-state index contributed by atoms with van der Waals surface area (Å²) in [6.45, 7) is 2.10. The smallest absolute Gasteiger partial charge is 0.174 e. The zero-order valence-electron chi connectivity index (χ0n) is 12.8. The van der Waals surface area contributed by atoms with E-state index in [0.29, 0.717) is 0 Å². The van der Waals surface area contributed by atoms with Crippen LogP contribution in [0.15, 0.2) is 93.3 Å². The lowest BCUT2D eigenvalue weighted by Gasteiger charge is -2.04. The molecule has 0 spiro atoms. The fraction of sp³-hybridized carbons (Fsp3) is 0.0476. The van der Waals surface area contributed by atoms with Gasteiger partial charge in [-0.15, -0.1) is 0 Å². The second kappa shape index (κ2) is 5.98. The van der Waals surface area contributed by atoms with Gasteiger partial charge in [-0.2, -0.15) is 0 Å². The van der Waals surface area contributed by atoms with Crippen LogP contribution in [0.5, 0.6) is 0 Å². The van der Waals surface area contributed by atoms with Gasteiger partial charge in [0.05, 0.1) is 0 Å². The SMILES string of the molecule is Cc1ccc(Sc2oc3ccccc3c2-c2ccccc2)cc1. The topological polar surface area (TPSA) is 13.1 Å². The third kappa shape index (κ3) is 2.78. The lowest BCUT2D eigenvalue weighted by atomic mass is 10.1. The zero-order chi connectivity index (χ0) is 15.6. The molecule has 0 saturated carbocycles. The van der Waals surface area contributed by atoms with Gasteiger partial charge in [-0.05, 0) is 30.7 Å². The number of aryl methyl sites for hydroxylation is 1. The maximum atomic E-state index is 6.15. The third-order valence-electron chi connectivity index (χ3n) is 3.86. The summed E-state index contributed by atoms with van der Waals surface area (Å²) < 4.78 is 6.15. The van der Waals surface area contributed by atoms with Crippen LogP contribution in [0.4, 0.5) is 0 Å². The second-order valence-corrected chi connectivity index (χ2v) is 6.59. The second-order valence-electron chi connectivity index (χ2n) is 5.54. The van der Waals surface area contributed by atoms with E-state index in [1.165, 1.54) is 21.6 Å². The van der Waals surface area contributed by atoms with Crippen LogP contribution in [0.1, 0.15) is 5.56 Å². The number of fused-ring (bicyclic) bond motifs is 1. The summed E-state index contributed by atoms with van der Waals surface area (Å²) in [4.78, 5) is 1.19. The van der Waals surface area contributed by atoms with E-state index in [4.69, 9.17) is 4.42 Å². The summed E-state index contributed by atoms with van der Waals surface area (Å²) in [6.07, 6.45) is 0. The minimum atomic E-state index is 0.931. The first-order valence-electron chi connectivity index (χ1n) is 7.63. The number of hydrogen-bond acceptors (Lipinski definition) is 2. The van der Waals surface area contributed by atoms with Crippen LogP contribution >= 0.6 is 11.8 Å². The van der Waals surface area contributed by atoms with Crippen LogP contribution in [0.3, 0.4) is 0 Å². The van der Waals surface area contributed by atoms with Gasteiger partial charge in [-0.25, -0.2) is 0 Å². The Bertz CT molecular complexity index is 937. The van der Waals surface area contributed by atoms with E-state index in [2.05, 4.69) is 67.6 Å². The molecule has 0 aliphatic carbocycles. The molecule has 0 N–H and O–H groups in total. The van der Waals surface area contributed by atoms with Gasteiger partial charge >= 0.3 is 0 Å². The summed E-state index contributed by atoms with van der Waals surface area (Å²) >= 11 is 1.68. The number of para-hydroxylation sites is 1. The van der Waals surface area contributed by atoms with E-state index in [-0.39, 0.29) is 0 Å². The molecule has 0 radical (unpaired) electrons. The van der Waals surface area contributed by atoms with Gasteiger partial charge in [0.25, 0.3) is 0 Å². The zero-order valence-corrected chi connectivity index (χ0v) is 13.6. The highest BCUT2D eigenvalue weighted by Crippen LogP contribution is 2.42. The lowest BCUT2D eigenvalue weighted by molar-refractivity contribution is 0.517. The largest absolute Gasteiger partial charge is 0.449 e. The quantitative estimate of drug-likeness (QED) is 0.424. The molecule has 0 aliphatic rings. The van der Waals surface area contributed by atoms with E-state index in [1.807, 2.05) is 18.2 Å². The van der Waals surface area contributed by atoms with Gasteiger partial charge in [0, 0.05) is 15.8 Å². The Kier molecular flexibility index (Phi) is 3.68. The molecule has 112 valence electrons. The van der Waals surface area contributed by atoms with Gasteiger partial charge in [0.2, 0.25) is 0 Å². The average molecular weight is 316 g/mol. The van der Waals surface area contributed by atoms with Crippen LogP contribution in [-0.4, -0.2) is 0 Å². The standard InChI is InChI=1S/C21H16OS/c1-15-11-13-17(14-12-15)23-21-20(16-7-3-2-4-8-16)18-9-5-6-10-19(18)22-21/h2-14H,1H3. The van der Waals surface area contributed by atoms with Crippen LogP contribution in [0, 0.1) is 6.92 Å². The molecule has 0 fully saturated rings. The molecular formula is C21H16OS. The third-order valence-corrected chi connectivity index (χ3v) is 4.84. The molecule has 3 aromatic carbocycles. The predicted molar refractivity (Wildman–Crippen MR) is 97.0 cm³/mol. The number of furan rings is 1. The summed E-state index contributed by atoms with van der Waals surface area (Å²) in [5, 5.41) is 2.11. The maximum absolute atomic E-state index is 6.15. The molecule has 0 saturated heterocycles. The fourth-order valence-corrected chi connectivity index (χ4v) is 3.63. The van der Waals surface area contributed by atoms with Crippen molar-refractivity contribution in [2.24, 2.45) is 0 Å². The van der Waals surface area contributed by atoms with E-state index >= 15 is 0 Å². The minimum Gasteiger partial charge on any atom is -0.449 e. The first-order chi connectivity index (χ1) is 11.3. The highest BCUT2D eigenvalue weighted by atomic mass is 32.2. The minimum absolute atomic E-state index is 0.931. The van der Waals surface area contributed by atoms with Gasteiger partial charge in [-0.3, -0.25) is 0 Å². The van der Waals surface area contributed by atoms with E-state index in [9.17, 15) is 0 Å². The van der Waals surface area contributed by atoms with Crippen molar-refractivity contribution in [1.82, 2.24) is 0 Å². The predicted octanol–water partition coefficient (Wildman–Crippen LogP) is 6.56. The molecule has 0 aliphatic heterocycles. The first-order valence-corrected chi connectivity index (χ1v) is 8.44. The molecular weight excluding hydrogens is 300 g/mol. The summed E-state index contributed by atoms with van der Waals surface area (Å²) in [5.74, 6) is 0. The molecule has 2 heteroatoms. The molecule has 1 aromatic heterocycles. The van der Waals surface area contributed by atoms with Crippen molar-refractivity contribution in [3.8, 4) is 11.1 Å². The Morgan fingerprint density at radius 2 is 1.43 bits per heavy atom. The van der Waals surface area contributed by atoms with E-state index < -0.39 is 0 Å². The molecule has 23 heavy (non-hydrogen) atoms. The average Bonchev–Trinajstić information content (AvgIpc) is 2.95. The molecule has 0 atom stereocenters. The van der Waals surface area contributed by atoms with Gasteiger partial charge in [0.15, 0.2) is 5.09 Å². The Morgan fingerprint density at radius 3 is 2.22 bits per heavy atom. The van der Waals surface area contributed by atoms with Crippen LogP contribution in [0.2, 0.25) is 0 Å². The normalized spacial score (nSPS) is 11.0. The Hall–Kier alpha value is -2.45. The van der Waals surface area contributed by atoms with Crippen molar-refractivity contribution in [2.45, 2.75) is 16.9 Å². The molecule has 0 unspecified atom stereocenters. The van der Waals surface area contributed by atoms with Crippen molar-refractivity contribution < 1.29 is 4.42 Å². The summed E-state index contributed by atoms with van der Waals surface area (Å²) in [6, 6.07) is 27.2. The van der Waals surface area contributed by atoms with Gasteiger partial charge < -0.3 is 4.42 Å². The molecule has 1 nitrogen and oxygen atoms in total. The van der Waals surface area contributed by atoms with Gasteiger partial charge in [-0.1, -0.05) is 78.0 Å². The van der Waals surface area contributed by atoms with Crippen LogP contribution in [0.25, 0.3) is 22.1 Å². The van der Waals surface area contributed by atoms with Crippen molar-refractivity contribution in [3.63, 3.8) is 0 Å². The first kappa shape index (κ1) is 14.2. The molecule has 1 heterocycles. The van der Waals surface area contributed by atoms with Crippen molar-refractivity contribution in [3.05, 3.63) is 84.4 Å². The van der Waals surface area contributed by atoms with Crippen LogP contribution in [-0.2, 0) is 0 Å². The Labute approximate surface area is 140 Å². The number of hydrogen-bond donors (Lipinski definition) is 0. The Balaban J connectivity index is 1.87. The van der Waals surface area contributed by atoms with Crippen molar-refractivity contribution in [1.29, 1.82) is 0 Å². The van der Waals surface area contributed by atoms with E-state index in [0.717, 1.165) is 16.1 Å². The molecule has 0 bridgehead atoms. The molecule has 0 amide bonds. The van der Waals surface area contributed by atoms with E-state index in [1.54, 1.807) is 11.8 Å². The van der Waals surface area contributed by atoms with Crippen LogP contribution < -0.4 is 0 Å².